The van der Waals surface area contributed by atoms with Gasteiger partial charge >= 0.3 is 0 Å². The van der Waals surface area contributed by atoms with E-state index in [4.69, 9.17) is 17.3 Å². The van der Waals surface area contributed by atoms with Crippen LogP contribution in [0, 0.1) is 5.92 Å². The maximum atomic E-state index is 12.7. The van der Waals surface area contributed by atoms with Gasteiger partial charge in [-0.2, -0.15) is 0 Å². The van der Waals surface area contributed by atoms with E-state index in [0.29, 0.717) is 20.6 Å². The topological polar surface area (TPSA) is 68.0 Å². The molecule has 3 aromatic rings. The van der Waals surface area contributed by atoms with Crippen molar-refractivity contribution in [2.45, 2.75) is 38.5 Å². The fourth-order valence-corrected chi connectivity index (χ4v) is 4.85. The number of hydrogen-bond acceptors (Lipinski definition) is 5. The highest BCUT2D eigenvalue weighted by Crippen LogP contribution is 2.31. The molecule has 0 amide bonds. The third-order valence-corrected chi connectivity index (χ3v) is 6.66. The fourth-order valence-electron chi connectivity index (χ4n) is 3.85. The summed E-state index contributed by atoms with van der Waals surface area (Å²) in [6.07, 6.45) is 7.98. The van der Waals surface area contributed by atoms with Crippen LogP contribution in [-0.4, -0.2) is 10.8 Å². The molecule has 4 nitrogen and oxygen atoms in total. The molecule has 0 saturated heterocycles. The number of benzene rings is 2. The summed E-state index contributed by atoms with van der Waals surface area (Å²) < 4.78 is 0. The third-order valence-electron chi connectivity index (χ3n) is 5.42. The van der Waals surface area contributed by atoms with Gasteiger partial charge in [0, 0.05) is 16.3 Å². The summed E-state index contributed by atoms with van der Waals surface area (Å²) in [6.45, 7) is 0. The Hall–Kier alpha value is -2.37. The lowest BCUT2D eigenvalue weighted by atomic mass is 9.85. The van der Waals surface area contributed by atoms with Crippen molar-refractivity contribution >= 4 is 45.4 Å². The number of halogens is 1. The molecule has 2 aromatic carbocycles. The van der Waals surface area contributed by atoms with Crippen molar-refractivity contribution in [3.63, 3.8) is 0 Å². The van der Waals surface area contributed by atoms with E-state index in [1.807, 2.05) is 0 Å². The average molecular weight is 426 g/mol. The molecule has 6 heteroatoms. The Morgan fingerprint density at radius 2 is 1.76 bits per heavy atom. The van der Waals surface area contributed by atoms with E-state index in [1.165, 1.54) is 49.0 Å². The number of anilines is 3. The molecule has 0 unspecified atom stereocenters. The molecule has 1 saturated carbocycles. The zero-order valence-corrected chi connectivity index (χ0v) is 17.7. The highest BCUT2D eigenvalue weighted by atomic mass is 35.5. The predicted octanol–water partition coefficient (Wildman–Crippen LogP) is 6.48. The van der Waals surface area contributed by atoms with Crippen molar-refractivity contribution in [3.05, 3.63) is 69.6 Å². The van der Waals surface area contributed by atoms with Crippen molar-refractivity contribution in [3.8, 4) is 0 Å². The molecule has 0 atom stereocenters. The van der Waals surface area contributed by atoms with Crippen LogP contribution in [0.2, 0.25) is 5.02 Å². The molecular formula is C23H24ClN3OS. The third kappa shape index (κ3) is 4.98. The molecule has 0 aliphatic heterocycles. The van der Waals surface area contributed by atoms with Crippen LogP contribution in [0.15, 0.2) is 48.5 Å². The van der Waals surface area contributed by atoms with Crippen molar-refractivity contribution in [2.75, 3.05) is 11.1 Å². The van der Waals surface area contributed by atoms with Gasteiger partial charge in [0.05, 0.1) is 0 Å². The molecule has 1 heterocycles. The van der Waals surface area contributed by atoms with Gasteiger partial charge in [0.25, 0.3) is 0 Å². The van der Waals surface area contributed by atoms with E-state index >= 15 is 0 Å². The smallest absolute Gasteiger partial charge is 0.206 e. The molecule has 1 aliphatic rings. The van der Waals surface area contributed by atoms with Crippen molar-refractivity contribution < 1.29 is 4.79 Å². The number of nitrogens with zero attached hydrogens (tertiary/aromatic N) is 1. The van der Waals surface area contributed by atoms with E-state index in [-0.39, 0.29) is 11.6 Å². The summed E-state index contributed by atoms with van der Waals surface area (Å²) in [5, 5.41) is 4.47. The van der Waals surface area contributed by atoms with Crippen LogP contribution in [0.5, 0.6) is 0 Å². The van der Waals surface area contributed by atoms with Crippen LogP contribution < -0.4 is 11.1 Å². The largest absolute Gasteiger partial charge is 0.382 e. The Bertz CT molecular complexity index is 976. The molecular weight excluding hydrogens is 402 g/mol. The molecule has 1 fully saturated rings. The zero-order valence-electron chi connectivity index (χ0n) is 16.2. The van der Waals surface area contributed by atoms with Gasteiger partial charge in [0.15, 0.2) is 5.13 Å². The highest BCUT2D eigenvalue weighted by molar-refractivity contribution is 7.18. The zero-order chi connectivity index (χ0) is 20.2. The molecule has 29 heavy (non-hydrogen) atoms. The van der Waals surface area contributed by atoms with Crippen LogP contribution in [0.3, 0.4) is 0 Å². The van der Waals surface area contributed by atoms with E-state index in [9.17, 15) is 4.79 Å². The molecule has 1 aromatic heterocycles. The molecule has 150 valence electrons. The molecule has 3 N–H and O–H groups in total. The Morgan fingerprint density at radius 1 is 1.07 bits per heavy atom. The molecule has 4 rings (SSSR count). The van der Waals surface area contributed by atoms with Crippen LogP contribution in [0.25, 0.3) is 0 Å². The maximum Gasteiger partial charge on any atom is 0.206 e. The second-order valence-electron chi connectivity index (χ2n) is 7.60. The Morgan fingerprint density at radius 3 is 2.45 bits per heavy atom. The monoisotopic (exact) mass is 425 g/mol. The molecule has 1 aliphatic carbocycles. The number of aromatic nitrogens is 1. The molecule has 0 spiro atoms. The SMILES string of the molecule is Nc1nc(Nc2ccc(CC3CCCCC3)cc2)sc1C(=O)c1ccc(Cl)cc1. The number of rotatable bonds is 6. The number of nitrogens with one attached hydrogen (secondary N) is 1. The fraction of sp³-hybridized carbons (Fsp3) is 0.304. The normalized spacial score (nSPS) is 14.7. The summed E-state index contributed by atoms with van der Waals surface area (Å²) in [4.78, 5) is 17.5. The summed E-state index contributed by atoms with van der Waals surface area (Å²) in [5.41, 5.74) is 8.86. The van der Waals surface area contributed by atoms with E-state index in [0.717, 1.165) is 18.0 Å². The quantitative estimate of drug-likeness (QED) is 0.443. The van der Waals surface area contributed by atoms with Gasteiger partial charge in [-0.1, -0.05) is 67.2 Å². The summed E-state index contributed by atoms with van der Waals surface area (Å²) in [7, 11) is 0. The van der Waals surface area contributed by atoms with Gasteiger partial charge in [-0.15, -0.1) is 0 Å². The van der Waals surface area contributed by atoms with Crippen LogP contribution in [-0.2, 0) is 6.42 Å². The van der Waals surface area contributed by atoms with Crippen molar-refractivity contribution in [2.24, 2.45) is 5.92 Å². The highest BCUT2D eigenvalue weighted by Gasteiger charge is 2.18. The number of ketones is 1. The lowest BCUT2D eigenvalue weighted by Crippen LogP contribution is -2.09. The first-order valence-corrected chi connectivity index (χ1v) is 11.2. The number of carbonyl (C=O) groups excluding carboxylic acids is 1. The van der Waals surface area contributed by atoms with Gasteiger partial charge in [0.1, 0.15) is 10.7 Å². The number of hydrogen-bond donors (Lipinski definition) is 2. The number of thiazole rings is 1. The number of nitrogen functional groups attached to an aromatic ring is 1. The minimum absolute atomic E-state index is 0.146. The van der Waals surface area contributed by atoms with Gasteiger partial charge in [-0.25, -0.2) is 4.98 Å². The second kappa shape index (κ2) is 8.97. The minimum Gasteiger partial charge on any atom is -0.382 e. The van der Waals surface area contributed by atoms with E-state index in [2.05, 4.69) is 34.6 Å². The number of nitrogens with two attached hydrogens (primary N) is 1. The predicted molar refractivity (Wildman–Crippen MR) is 121 cm³/mol. The molecule has 0 bridgehead atoms. The standard InChI is InChI=1S/C23H24ClN3OS/c24-18-10-8-17(9-11-18)20(28)21-22(25)27-23(29-21)26-19-12-6-16(7-13-19)14-15-4-2-1-3-5-15/h6-13,15H,1-5,14,25H2,(H,26,27). The van der Waals surface area contributed by atoms with Gasteiger partial charge in [0.2, 0.25) is 5.78 Å². The molecule has 0 radical (unpaired) electrons. The summed E-state index contributed by atoms with van der Waals surface area (Å²) in [5.74, 6) is 0.918. The van der Waals surface area contributed by atoms with Crippen LogP contribution >= 0.6 is 22.9 Å². The summed E-state index contributed by atoms with van der Waals surface area (Å²) >= 11 is 7.16. The van der Waals surface area contributed by atoms with Gasteiger partial charge in [-0.05, 0) is 54.3 Å². The first-order chi connectivity index (χ1) is 14.1. The Labute approximate surface area is 180 Å². The van der Waals surface area contributed by atoms with Crippen LogP contribution in [0.4, 0.5) is 16.6 Å². The Balaban J connectivity index is 1.42. The van der Waals surface area contributed by atoms with Crippen molar-refractivity contribution in [1.82, 2.24) is 4.98 Å². The van der Waals surface area contributed by atoms with Gasteiger partial charge < -0.3 is 11.1 Å². The minimum atomic E-state index is -0.146. The maximum absolute atomic E-state index is 12.7. The van der Waals surface area contributed by atoms with E-state index in [1.54, 1.807) is 24.3 Å². The van der Waals surface area contributed by atoms with E-state index < -0.39 is 0 Å². The van der Waals surface area contributed by atoms with Crippen molar-refractivity contribution in [1.29, 1.82) is 0 Å². The average Bonchev–Trinajstić information content (AvgIpc) is 3.10. The first kappa shape index (κ1) is 19.9. The lowest BCUT2D eigenvalue weighted by Gasteiger charge is -2.21. The summed E-state index contributed by atoms with van der Waals surface area (Å²) in [6, 6.07) is 15.3. The number of carbonyl (C=O) groups is 1. The Kier molecular flexibility index (Phi) is 6.16. The lowest BCUT2D eigenvalue weighted by molar-refractivity contribution is 0.104. The van der Waals surface area contributed by atoms with Gasteiger partial charge in [-0.3, -0.25) is 4.79 Å². The second-order valence-corrected chi connectivity index (χ2v) is 9.03. The van der Waals surface area contributed by atoms with Crippen LogP contribution in [0.1, 0.15) is 52.9 Å². The first-order valence-electron chi connectivity index (χ1n) is 10.0.